The summed E-state index contributed by atoms with van der Waals surface area (Å²) in [5.74, 6) is -1.61. The third-order valence-corrected chi connectivity index (χ3v) is 11.8. The lowest BCUT2D eigenvalue weighted by Crippen LogP contribution is -2.29. The van der Waals surface area contributed by atoms with Crippen molar-refractivity contribution < 1.29 is 31.8 Å². The van der Waals surface area contributed by atoms with E-state index in [1.54, 1.807) is 16.9 Å². The molecule has 50 heavy (non-hydrogen) atoms. The van der Waals surface area contributed by atoms with Crippen LogP contribution in [0.25, 0.3) is 22.3 Å². The molecule has 12 heteroatoms. The molecule has 3 heterocycles. The van der Waals surface area contributed by atoms with E-state index in [1.807, 2.05) is 52.0 Å². The van der Waals surface area contributed by atoms with Gasteiger partial charge in [0.25, 0.3) is 0 Å². The largest absolute Gasteiger partial charge is 0.481 e. The molecule has 1 unspecified atom stereocenters. The minimum Gasteiger partial charge on any atom is -0.481 e. The zero-order valence-electron chi connectivity index (χ0n) is 28.7. The van der Waals surface area contributed by atoms with Crippen LogP contribution in [-0.2, 0) is 39.4 Å². The van der Waals surface area contributed by atoms with E-state index in [0.29, 0.717) is 54.5 Å². The standard InChI is InChI=1S/C38H42F2N4O5S/c1-5-44-35-29-21-26(11-12-30(29)39)49-34-28(27-14-18-41-32(27)22-31(34)40)15-19-50(47,48)23-37(2,3)16-7-17-38(4,36(42-35)43-44)25-9-6-8-24(20-25)10-13-33(45)46/h6,8-9,11-12,14,18,20-22,41H,5,7,10,13,15-17,19,23H2,1-4H3,(H,45,46). The number of carbonyl (C=O) groups is 1. The molecule has 0 saturated carbocycles. The highest BCUT2D eigenvalue weighted by molar-refractivity contribution is 7.91. The SMILES string of the molecule is CCn1nc2nc1-c1cc(ccc1F)Oc1c(F)cc3[nH]ccc3c1CCS(=O)(=O)CC(C)(C)CCCC2(C)c1cccc(CCC(=O)O)c1. The van der Waals surface area contributed by atoms with Crippen molar-refractivity contribution in [2.24, 2.45) is 5.41 Å². The summed E-state index contributed by atoms with van der Waals surface area (Å²) in [6.07, 6.45) is 3.78. The van der Waals surface area contributed by atoms with E-state index in [1.165, 1.54) is 24.3 Å². The number of aromatic nitrogens is 4. The van der Waals surface area contributed by atoms with Crippen molar-refractivity contribution in [1.82, 2.24) is 19.7 Å². The molecule has 4 bridgehead atoms. The second kappa shape index (κ2) is 13.6. The van der Waals surface area contributed by atoms with E-state index in [9.17, 15) is 18.3 Å². The van der Waals surface area contributed by atoms with Crippen LogP contribution in [-0.4, -0.2) is 50.7 Å². The first kappa shape index (κ1) is 35.3. The number of sulfone groups is 1. The van der Waals surface area contributed by atoms with E-state index < -0.39 is 38.3 Å². The number of carboxylic acids is 1. The Morgan fingerprint density at radius 1 is 1.06 bits per heavy atom. The van der Waals surface area contributed by atoms with Gasteiger partial charge >= 0.3 is 5.97 Å². The number of halogens is 2. The van der Waals surface area contributed by atoms with Gasteiger partial charge in [-0.3, -0.25) is 4.79 Å². The topological polar surface area (TPSA) is 127 Å². The Hall–Kier alpha value is -4.58. The van der Waals surface area contributed by atoms with Crippen LogP contribution in [0.4, 0.5) is 8.78 Å². The van der Waals surface area contributed by atoms with Crippen molar-refractivity contribution in [3.8, 4) is 22.9 Å². The Labute approximate surface area is 290 Å². The summed E-state index contributed by atoms with van der Waals surface area (Å²) in [6.45, 7) is 8.16. The fraction of sp³-hybridized carbons (Fsp3) is 0.395. The minimum absolute atomic E-state index is 0.0161. The molecule has 264 valence electrons. The molecule has 3 aromatic carbocycles. The van der Waals surface area contributed by atoms with Gasteiger partial charge in [-0.25, -0.2) is 26.9 Å². The maximum Gasteiger partial charge on any atom is 0.303 e. The fourth-order valence-electron chi connectivity index (χ4n) is 7.06. The molecule has 6 rings (SSSR count). The van der Waals surface area contributed by atoms with E-state index in [0.717, 1.165) is 11.1 Å². The predicted octanol–water partition coefficient (Wildman–Crippen LogP) is 8.01. The van der Waals surface area contributed by atoms with E-state index in [4.69, 9.17) is 14.8 Å². The fourth-order valence-corrected chi connectivity index (χ4v) is 9.05. The molecule has 2 aromatic heterocycles. The number of hydrogen-bond donors (Lipinski definition) is 2. The summed E-state index contributed by atoms with van der Waals surface area (Å²) in [6, 6.07) is 14.9. The van der Waals surface area contributed by atoms with Crippen LogP contribution >= 0.6 is 0 Å². The number of aliphatic carboxylic acids is 1. The van der Waals surface area contributed by atoms with Crippen molar-refractivity contribution in [2.75, 3.05) is 11.5 Å². The van der Waals surface area contributed by atoms with E-state index in [-0.39, 0.29) is 47.2 Å². The first-order valence-corrected chi connectivity index (χ1v) is 18.7. The molecule has 0 saturated heterocycles. The third kappa shape index (κ3) is 7.31. The highest BCUT2D eigenvalue weighted by atomic mass is 32.2. The first-order chi connectivity index (χ1) is 23.7. The number of H-pyrrole nitrogens is 1. The Morgan fingerprint density at radius 3 is 2.62 bits per heavy atom. The number of nitrogens with zero attached hydrogens (tertiary/aromatic N) is 3. The van der Waals surface area contributed by atoms with Crippen molar-refractivity contribution in [2.45, 2.75) is 78.2 Å². The van der Waals surface area contributed by atoms with Gasteiger partial charge in [0.05, 0.1) is 22.5 Å². The normalized spacial score (nSPS) is 19.2. The number of fused-ring (bicyclic) bond motifs is 8. The number of ether oxygens (including phenoxy) is 1. The summed E-state index contributed by atoms with van der Waals surface area (Å²) in [5, 5.41) is 14.8. The van der Waals surface area contributed by atoms with Gasteiger partial charge < -0.3 is 14.8 Å². The van der Waals surface area contributed by atoms with Crippen molar-refractivity contribution in [3.63, 3.8) is 0 Å². The summed E-state index contributed by atoms with van der Waals surface area (Å²) < 4.78 is 66.4. The highest BCUT2D eigenvalue weighted by Gasteiger charge is 2.36. The lowest BCUT2D eigenvalue weighted by Gasteiger charge is -2.30. The number of aryl methyl sites for hydroxylation is 3. The average molecular weight is 705 g/mol. The minimum atomic E-state index is -3.59. The molecule has 5 aromatic rings. The van der Waals surface area contributed by atoms with Crippen LogP contribution in [0.15, 0.2) is 60.8 Å². The second-order valence-electron chi connectivity index (χ2n) is 14.2. The van der Waals surface area contributed by atoms with Gasteiger partial charge in [0.1, 0.15) is 11.6 Å². The number of hydrogen-bond acceptors (Lipinski definition) is 6. The Morgan fingerprint density at radius 2 is 1.86 bits per heavy atom. The summed E-state index contributed by atoms with van der Waals surface area (Å²) in [5.41, 5.74) is 1.41. The van der Waals surface area contributed by atoms with Crippen molar-refractivity contribution in [3.05, 3.63) is 94.9 Å². The predicted molar refractivity (Wildman–Crippen MR) is 188 cm³/mol. The van der Waals surface area contributed by atoms with Crippen molar-refractivity contribution >= 4 is 26.7 Å². The zero-order valence-corrected chi connectivity index (χ0v) is 29.5. The molecule has 0 spiro atoms. The van der Waals surface area contributed by atoms with Gasteiger partial charge in [0.15, 0.2) is 33.1 Å². The number of nitrogens with one attached hydrogen (secondary N) is 1. The van der Waals surface area contributed by atoms with Crippen LogP contribution in [0, 0.1) is 17.0 Å². The van der Waals surface area contributed by atoms with Crippen LogP contribution < -0.4 is 4.74 Å². The molecule has 1 atom stereocenters. The van der Waals surface area contributed by atoms with Crippen LogP contribution in [0.5, 0.6) is 11.5 Å². The Balaban J connectivity index is 1.52. The molecule has 1 aliphatic rings. The van der Waals surface area contributed by atoms with Gasteiger partial charge in [-0.15, -0.1) is 0 Å². The maximum atomic E-state index is 15.7. The molecule has 1 aliphatic heterocycles. The van der Waals surface area contributed by atoms with E-state index >= 15 is 8.78 Å². The van der Waals surface area contributed by atoms with Crippen LogP contribution in [0.1, 0.15) is 75.9 Å². The molecular weight excluding hydrogens is 663 g/mol. The summed E-state index contributed by atoms with van der Waals surface area (Å²) in [4.78, 5) is 19.3. The van der Waals surface area contributed by atoms with Crippen molar-refractivity contribution in [1.29, 1.82) is 0 Å². The number of benzene rings is 3. The molecule has 0 radical (unpaired) electrons. The molecular formula is C38H42F2N4O5S. The highest BCUT2D eigenvalue weighted by Crippen LogP contribution is 2.41. The number of aromatic amines is 1. The van der Waals surface area contributed by atoms with Gasteiger partial charge in [0, 0.05) is 41.7 Å². The molecule has 0 amide bonds. The van der Waals surface area contributed by atoms with Crippen LogP contribution in [0.2, 0.25) is 0 Å². The third-order valence-electron chi connectivity index (χ3n) is 9.73. The zero-order chi connectivity index (χ0) is 35.8. The quantitative estimate of drug-likeness (QED) is 0.190. The van der Waals surface area contributed by atoms with Gasteiger partial charge in [-0.05, 0) is 80.3 Å². The van der Waals surface area contributed by atoms with Gasteiger partial charge in [0.2, 0.25) is 0 Å². The van der Waals surface area contributed by atoms with Gasteiger partial charge in [-0.2, -0.15) is 5.10 Å². The smallest absolute Gasteiger partial charge is 0.303 e. The van der Waals surface area contributed by atoms with E-state index in [2.05, 4.69) is 4.98 Å². The number of rotatable bonds is 5. The molecule has 2 N–H and O–H groups in total. The molecule has 9 nitrogen and oxygen atoms in total. The average Bonchev–Trinajstić information content (AvgIpc) is 3.71. The summed E-state index contributed by atoms with van der Waals surface area (Å²) in [7, 11) is -3.59. The Bertz CT molecular complexity index is 2170. The van der Waals surface area contributed by atoms with Gasteiger partial charge in [-0.1, -0.05) is 44.5 Å². The second-order valence-corrected chi connectivity index (χ2v) is 16.4. The Kier molecular flexibility index (Phi) is 9.60. The lowest BCUT2D eigenvalue weighted by molar-refractivity contribution is -0.136. The lowest BCUT2D eigenvalue weighted by atomic mass is 9.75. The first-order valence-electron chi connectivity index (χ1n) is 16.9. The monoisotopic (exact) mass is 704 g/mol. The maximum absolute atomic E-state index is 15.7. The summed E-state index contributed by atoms with van der Waals surface area (Å²) >= 11 is 0. The number of carboxylic acid groups (broad SMARTS) is 1. The molecule has 0 fully saturated rings. The molecule has 0 aliphatic carbocycles. The van der Waals surface area contributed by atoms with Crippen LogP contribution in [0.3, 0.4) is 0 Å².